The summed E-state index contributed by atoms with van der Waals surface area (Å²) < 4.78 is 45.3. The summed E-state index contributed by atoms with van der Waals surface area (Å²) in [5.41, 5.74) is 4.71. The van der Waals surface area contributed by atoms with E-state index in [1.165, 1.54) is 24.3 Å². The Balaban J connectivity index is 1.55. The number of hydrogen-bond acceptors (Lipinski definition) is 5. The number of nitrogens with zero attached hydrogens (tertiary/aromatic N) is 2. The summed E-state index contributed by atoms with van der Waals surface area (Å²) in [4.78, 5) is 27.3. The molecule has 2 amide bonds. The molecule has 0 aliphatic heterocycles. The van der Waals surface area contributed by atoms with E-state index in [4.69, 9.17) is 10.3 Å². The molecule has 10 heteroatoms. The molecule has 1 heterocycles. The number of halogens is 3. The smallest absolute Gasteiger partial charge is 0.251 e. The highest BCUT2D eigenvalue weighted by Crippen LogP contribution is 2.20. The van der Waals surface area contributed by atoms with Crippen molar-refractivity contribution in [3.05, 3.63) is 65.3 Å². The summed E-state index contributed by atoms with van der Waals surface area (Å²) >= 11 is 0. The molecular weight excluding hydrogens is 389 g/mol. The van der Waals surface area contributed by atoms with Crippen LogP contribution in [0.2, 0.25) is 0 Å². The third-order valence-electron chi connectivity index (χ3n) is 3.96. The molecule has 0 radical (unpaired) electrons. The minimum atomic E-state index is -1.11. The number of aromatic nitrogens is 2. The van der Waals surface area contributed by atoms with Gasteiger partial charge in [-0.1, -0.05) is 5.16 Å². The number of carbonyl (C=O) groups is 2. The molecule has 0 saturated carbocycles. The van der Waals surface area contributed by atoms with E-state index in [1.807, 2.05) is 0 Å². The van der Waals surface area contributed by atoms with Crippen molar-refractivity contribution in [1.29, 1.82) is 0 Å². The van der Waals surface area contributed by atoms with Crippen LogP contribution in [0.3, 0.4) is 0 Å². The van der Waals surface area contributed by atoms with Crippen molar-refractivity contribution in [2.45, 2.75) is 19.3 Å². The predicted molar refractivity (Wildman–Crippen MR) is 96.1 cm³/mol. The lowest BCUT2D eigenvalue weighted by molar-refractivity contribution is -0.116. The molecule has 0 aliphatic carbocycles. The molecule has 3 aromatic rings. The summed E-state index contributed by atoms with van der Waals surface area (Å²) in [6, 6.07) is 6.88. The highest BCUT2D eigenvalue weighted by molar-refractivity contribution is 5.96. The van der Waals surface area contributed by atoms with Gasteiger partial charge in [-0.2, -0.15) is 4.98 Å². The largest absolute Gasteiger partial charge is 0.366 e. The van der Waals surface area contributed by atoms with Gasteiger partial charge in [0.1, 0.15) is 17.5 Å². The van der Waals surface area contributed by atoms with E-state index in [-0.39, 0.29) is 36.1 Å². The van der Waals surface area contributed by atoms with Crippen LogP contribution in [0.25, 0.3) is 11.4 Å². The van der Waals surface area contributed by atoms with Gasteiger partial charge in [0.25, 0.3) is 5.91 Å². The van der Waals surface area contributed by atoms with Gasteiger partial charge in [-0.05, 0) is 36.8 Å². The lowest BCUT2D eigenvalue weighted by Gasteiger charge is -2.08. The number of rotatable bonds is 7. The summed E-state index contributed by atoms with van der Waals surface area (Å²) in [7, 11) is 0. The average molecular weight is 404 g/mol. The average Bonchev–Trinajstić information content (AvgIpc) is 3.13. The number of nitrogens with two attached hydrogens (primary N) is 1. The fraction of sp³-hybridized carbons (Fsp3) is 0.158. The Kier molecular flexibility index (Phi) is 5.91. The van der Waals surface area contributed by atoms with Crippen molar-refractivity contribution in [2.75, 3.05) is 5.32 Å². The lowest BCUT2D eigenvalue weighted by atomic mass is 10.1. The molecule has 0 unspecified atom stereocenters. The summed E-state index contributed by atoms with van der Waals surface area (Å²) in [5, 5.41) is 6.05. The molecule has 0 spiro atoms. The molecule has 0 bridgehead atoms. The van der Waals surface area contributed by atoms with Crippen LogP contribution in [0.15, 0.2) is 40.9 Å². The number of amides is 2. The third kappa shape index (κ3) is 4.98. The first kappa shape index (κ1) is 20.1. The molecule has 0 aliphatic rings. The zero-order valence-electron chi connectivity index (χ0n) is 14.9. The molecule has 3 N–H and O–H groups in total. The Morgan fingerprint density at radius 1 is 1.07 bits per heavy atom. The second kappa shape index (κ2) is 8.55. The minimum absolute atomic E-state index is 0.0169. The summed E-state index contributed by atoms with van der Waals surface area (Å²) in [6.45, 7) is 0. The number of anilines is 1. The SMILES string of the molecule is NC(=O)c1cc(NC(=O)CCCc2nc(-c3ccc(F)cc3)no2)c(F)cc1F. The van der Waals surface area contributed by atoms with Gasteiger partial charge in [0, 0.05) is 24.5 Å². The Labute approximate surface area is 162 Å². The van der Waals surface area contributed by atoms with Crippen LogP contribution in [0, 0.1) is 17.5 Å². The Morgan fingerprint density at radius 3 is 2.48 bits per heavy atom. The van der Waals surface area contributed by atoms with E-state index in [0.717, 1.165) is 6.07 Å². The van der Waals surface area contributed by atoms with Gasteiger partial charge in [-0.15, -0.1) is 0 Å². The first-order valence-electron chi connectivity index (χ1n) is 8.50. The third-order valence-corrected chi connectivity index (χ3v) is 3.96. The van der Waals surface area contributed by atoms with Crippen molar-refractivity contribution >= 4 is 17.5 Å². The Morgan fingerprint density at radius 2 is 1.79 bits per heavy atom. The molecule has 29 heavy (non-hydrogen) atoms. The standard InChI is InChI=1S/C19H15F3N4O3/c20-11-6-4-10(5-7-11)19-25-17(29-26-19)3-1-2-16(27)24-15-8-12(18(23)28)13(21)9-14(15)22/h4-9H,1-3H2,(H2,23,28)(H,24,27). The normalized spacial score (nSPS) is 10.7. The fourth-order valence-electron chi connectivity index (χ4n) is 2.52. The van der Waals surface area contributed by atoms with Gasteiger partial charge < -0.3 is 15.6 Å². The monoisotopic (exact) mass is 404 g/mol. The van der Waals surface area contributed by atoms with Gasteiger partial charge in [-0.25, -0.2) is 13.2 Å². The zero-order chi connectivity index (χ0) is 21.0. The van der Waals surface area contributed by atoms with Crippen molar-refractivity contribution in [3.63, 3.8) is 0 Å². The molecule has 7 nitrogen and oxygen atoms in total. The Bertz CT molecular complexity index is 1050. The van der Waals surface area contributed by atoms with Gasteiger partial charge in [0.15, 0.2) is 0 Å². The molecule has 0 atom stereocenters. The lowest BCUT2D eigenvalue weighted by Crippen LogP contribution is -2.17. The van der Waals surface area contributed by atoms with Crippen LogP contribution >= 0.6 is 0 Å². The summed E-state index contributed by atoms with van der Waals surface area (Å²) in [6.07, 6.45) is 0.569. The molecule has 2 aromatic carbocycles. The minimum Gasteiger partial charge on any atom is -0.366 e. The van der Waals surface area contributed by atoms with Crippen molar-refractivity contribution in [1.82, 2.24) is 10.1 Å². The number of benzene rings is 2. The van der Waals surface area contributed by atoms with Gasteiger partial charge in [-0.3, -0.25) is 9.59 Å². The molecule has 150 valence electrons. The first-order chi connectivity index (χ1) is 13.8. The highest BCUT2D eigenvalue weighted by atomic mass is 19.1. The van der Waals surface area contributed by atoms with Crippen LogP contribution < -0.4 is 11.1 Å². The molecule has 1 aromatic heterocycles. The number of primary amides is 1. The number of hydrogen-bond donors (Lipinski definition) is 2. The molecule has 3 rings (SSSR count). The zero-order valence-corrected chi connectivity index (χ0v) is 14.9. The van der Waals surface area contributed by atoms with Crippen LogP contribution in [-0.2, 0) is 11.2 Å². The number of aryl methyl sites for hydroxylation is 1. The molecular formula is C19H15F3N4O3. The van der Waals surface area contributed by atoms with E-state index in [2.05, 4.69) is 15.5 Å². The van der Waals surface area contributed by atoms with E-state index < -0.39 is 29.0 Å². The van der Waals surface area contributed by atoms with E-state index in [0.29, 0.717) is 18.1 Å². The van der Waals surface area contributed by atoms with Crippen LogP contribution in [0.5, 0.6) is 0 Å². The second-order valence-electron chi connectivity index (χ2n) is 6.10. The van der Waals surface area contributed by atoms with Crippen molar-refractivity contribution < 1.29 is 27.3 Å². The van der Waals surface area contributed by atoms with Gasteiger partial charge in [0.05, 0.1) is 11.3 Å². The van der Waals surface area contributed by atoms with E-state index >= 15 is 0 Å². The quantitative estimate of drug-likeness (QED) is 0.628. The molecule has 0 saturated heterocycles. The van der Waals surface area contributed by atoms with Gasteiger partial charge in [0.2, 0.25) is 17.6 Å². The second-order valence-corrected chi connectivity index (χ2v) is 6.10. The van der Waals surface area contributed by atoms with Crippen molar-refractivity contribution in [2.24, 2.45) is 5.73 Å². The maximum Gasteiger partial charge on any atom is 0.251 e. The number of carbonyl (C=O) groups excluding carboxylic acids is 2. The van der Waals surface area contributed by atoms with Crippen molar-refractivity contribution in [3.8, 4) is 11.4 Å². The first-order valence-corrected chi connectivity index (χ1v) is 8.50. The maximum absolute atomic E-state index is 13.8. The van der Waals surface area contributed by atoms with E-state index in [9.17, 15) is 22.8 Å². The molecule has 0 fully saturated rings. The van der Waals surface area contributed by atoms with Crippen LogP contribution in [0.4, 0.5) is 18.9 Å². The van der Waals surface area contributed by atoms with Crippen LogP contribution in [-0.4, -0.2) is 22.0 Å². The summed E-state index contributed by atoms with van der Waals surface area (Å²) in [5.74, 6) is -3.58. The highest BCUT2D eigenvalue weighted by Gasteiger charge is 2.16. The van der Waals surface area contributed by atoms with Gasteiger partial charge >= 0.3 is 0 Å². The van der Waals surface area contributed by atoms with E-state index in [1.54, 1.807) is 0 Å². The van der Waals surface area contributed by atoms with Crippen LogP contribution in [0.1, 0.15) is 29.1 Å². The fourth-order valence-corrected chi connectivity index (χ4v) is 2.52. The Hall–Kier alpha value is -3.69. The predicted octanol–water partition coefficient (Wildman–Crippen LogP) is 3.21. The maximum atomic E-state index is 13.8. The number of nitrogens with one attached hydrogen (secondary N) is 1. The topological polar surface area (TPSA) is 111 Å².